The molecule has 4 heteroatoms. The predicted molar refractivity (Wildman–Crippen MR) is 73.5 cm³/mol. The van der Waals surface area contributed by atoms with E-state index in [0.29, 0.717) is 22.0 Å². The summed E-state index contributed by atoms with van der Waals surface area (Å²) >= 11 is 12.0. The van der Waals surface area contributed by atoms with E-state index in [0.717, 1.165) is 19.6 Å². The molecule has 2 rings (SSSR count). The van der Waals surface area contributed by atoms with E-state index < -0.39 is 0 Å². The van der Waals surface area contributed by atoms with Gasteiger partial charge in [0.05, 0.1) is 0 Å². The van der Waals surface area contributed by atoms with Crippen molar-refractivity contribution in [3.63, 3.8) is 0 Å². The third-order valence-corrected chi connectivity index (χ3v) is 3.87. The molecule has 0 aromatic heterocycles. The van der Waals surface area contributed by atoms with Gasteiger partial charge in [0.25, 0.3) is 0 Å². The lowest BCUT2D eigenvalue weighted by Crippen LogP contribution is -2.27. The van der Waals surface area contributed by atoms with Gasteiger partial charge in [-0.25, -0.2) is 0 Å². The molecular weight excluding hydrogens is 255 g/mol. The molecule has 1 aliphatic heterocycles. The maximum atomic E-state index is 6.00. The first-order chi connectivity index (χ1) is 8.08. The highest BCUT2D eigenvalue weighted by atomic mass is 35.5. The molecule has 1 aromatic carbocycles. The molecular formula is C13H18Cl2N2. The average Bonchev–Trinajstić information content (AvgIpc) is 2.58. The molecule has 0 aliphatic carbocycles. The van der Waals surface area contributed by atoms with Crippen LogP contribution in [0.3, 0.4) is 0 Å². The number of benzene rings is 1. The van der Waals surface area contributed by atoms with Gasteiger partial charge in [0.2, 0.25) is 0 Å². The Kier molecular flexibility index (Phi) is 4.31. The van der Waals surface area contributed by atoms with Gasteiger partial charge >= 0.3 is 0 Å². The van der Waals surface area contributed by atoms with Crippen molar-refractivity contribution in [2.45, 2.75) is 25.9 Å². The number of likely N-dealkylation sites (tertiary alicyclic amines) is 1. The van der Waals surface area contributed by atoms with Crippen LogP contribution in [0.15, 0.2) is 18.2 Å². The van der Waals surface area contributed by atoms with Crippen LogP contribution in [-0.4, -0.2) is 24.0 Å². The van der Waals surface area contributed by atoms with Crippen LogP contribution < -0.4 is 5.73 Å². The van der Waals surface area contributed by atoms with Crippen molar-refractivity contribution in [3.8, 4) is 0 Å². The fourth-order valence-corrected chi connectivity index (χ4v) is 3.12. The van der Waals surface area contributed by atoms with Gasteiger partial charge < -0.3 is 5.73 Å². The lowest BCUT2D eigenvalue weighted by Gasteiger charge is -2.21. The van der Waals surface area contributed by atoms with E-state index in [4.69, 9.17) is 28.9 Å². The molecule has 0 bridgehead atoms. The van der Waals surface area contributed by atoms with Gasteiger partial charge in [-0.1, -0.05) is 23.2 Å². The fourth-order valence-electron chi connectivity index (χ4n) is 2.55. The van der Waals surface area contributed by atoms with Gasteiger partial charge in [0.15, 0.2) is 0 Å². The van der Waals surface area contributed by atoms with E-state index in [9.17, 15) is 0 Å². The van der Waals surface area contributed by atoms with Crippen molar-refractivity contribution in [3.05, 3.63) is 33.8 Å². The van der Waals surface area contributed by atoms with Crippen molar-refractivity contribution >= 4 is 23.2 Å². The molecule has 2 nitrogen and oxygen atoms in total. The monoisotopic (exact) mass is 272 g/mol. The van der Waals surface area contributed by atoms with Crippen LogP contribution in [-0.2, 0) is 6.54 Å². The van der Waals surface area contributed by atoms with Gasteiger partial charge in [-0.15, -0.1) is 0 Å². The molecule has 0 saturated carbocycles. The molecule has 94 valence electrons. The average molecular weight is 273 g/mol. The molecule has 17 heavy (non-hydrogen) atoms. The van der Waals surface area contributed by atoms with Crippen molar-refractivity contribution in [2.75, 3.05) is 13.1 Å². The first-order valence-electron chi connectivity index (χ1n) is 5.97. The van der Waals surface area contributed by atoms with Gasteiger partial charge in [-0.2, -0.15) is 0 Å². The molecule has 1 aromatic rings. The van der Waals surface area contributed by atoms with Crippen molar-refractivity contribution in [1.82, 2.24) is 4.90 Å². The van der Waals surface area contributed by atoms with Crippen LogP contribution in [0.4, 0.5) is 0 Å². The number of halogens is 2. The van der Waals surface area contributed by atoms with Crippen LogP contribution >= 0.6 is 23.2 Å². The van der Waals surface area contributed by atoms with Crippen molar-refractivity contribution < 1.29 is 0 Å². The maximum Gasteiger partial charge on any atom is 0.0424 e. The van der Waals surface area contributed by atoms with Crippen molar-refractivity contribution in [1.29, 1.82) is 0 Å². The zero-order valence-corrected chi connectivity index (χ0v) is 11.5. The standard InChI is InChI=1S/C13H18Cl2N2/c1-9-2-11(6-16)8-17(9)7-10-3-12(14)5-13(15)4-10/h3-5,9,11H,2,6-8,16H2,1H3. The Morgan fingerprint density at radius 1 is 1.29 bits per heavy atom. The quantitative estimate of drug-likeness (QED) is 0.916. The van der Waals surface area contributed by atoms with E-state index in [1.165, 1.54) is 12.0 Å². The smallest absolute Gasteiger partial charge is 0.0424 e. The molecule has 2 atom stereocenters. The summed E-state index contributed by atoms with van der Waals surface area (Å²) in [4.78, 5) is 2.44. The first-order valence-corrected chi connectivity index (χ1v) is 6.73. The molecule has 1 fully saturated rings. The lowest BCUT2D eigenvalue weighted by atomic mass is 10.1. The lowest BCUT2D eigenvalue weighted by molar-refractivity contribution is 0.256. The van der Waals surface area contributed by atoms with E-state index in [1.807, 2.05) is 12.1 Å². The molecule has 0 amide bonds. The Balaban J connectivity index is 2.05. The van der Waals surface area contributed by atoms with Crippen LogP contribution in [0.1, 0.15) is 18.9 Å². The summed E-state index contributed by atoms with van der Waals surface area (Å²) in [5.41, 5.74) is 6.90. The van der Waals surface area contributed by atoms with Gasteiger partial charge in [-0.3, -0.25) is 4.90 Å². The Bertz CT molecular complexity index is 375. The molecule has 1 aliphatic rings. The second-order valence-electron chi connectivity index (χ2n) is 4.89. The summed E-state index contributed by atoms with van der Waals surface area (Å²) in [7, 11) is 0. The Hall–Kier alpha value is -0.280. The van der Waals surface area contributed by atoms with E-state index in [1.54, 1.807) is 6.07 Å². The summed E-state index contributed by atoms with van der Waals surface area (Å²) < 4.78 is 0. The Morgan fingerprint density at radius 3 is 2.47 bits per heavy atom. The summed E-state index contributed by atoms with van der Waals surface area (Å²) in [6, 6.07) is 6.32. The number of nitrogens with zero attached hydrogens (tertiary/aromatic N) is 1. The molecule has 2 unspecified atom stereocenters. The topological polar surface area (TPSA) is 29.3 Å². The summed E-state index contributed by atoms with van der Waals surface area (Å²) in [6.07, 6.45) is 1.19. The Labute approximate surface area is 113 Å². The SMILES string of the molecule is CC1CC(CN)CN1Cc1cc(Cl)cc(Cl)c1. The summed E-state index contributed by atoms with van der Waals surface area (Å²) in [6.45, 7) is 5.00. The van der Waals surface area contributed by atoms with Gasteiger partial charge in [0, 0.05) is 29.2 Å². The first kappa shape index (κ1) is 13.2. The number of hydrogen-bond donors (Lipinski definition) is 1. The van der Waals surface area contributed by atoms with Crippen LogP contribution in [0.25, 0.3) is 0 Å². The Morgan fingerprint density at radius 2 is 1.94 bits per heavy atom. The number of rotatable bonds is 3. The highest BCUT2D eigenvalue weighted by Crippen LogP contribution is 2.26. The zero-order valence-electron chi connectivity index (χ0n) is 10.00. The summed E-state index contributed by atoms with van der Waals surface area (Å²) in [5.74, 6) is 0.625. The third kappa shape index (κ3) is 3.35. The van der Waals surface area contributed by atoms with E-state index in [2.05, 4.69) is 11.8 Å². The second-order valence-corrected chi connectivity index (χ2v) is 5.77. The number of nitrogens with two attached hydrogens (primary N) is 1. The second kappa shape index (κ2) is 5.57. The third-order valence-electron chi connectivity index (χ3n) is 3.43. The molecule has 1 heterocycles. The molecule has 0 radical (unpaired) electrons. The largest absolute Gasteiger partial charge is 0.330 e. The molecule has 0 spiro atoms. The van der Waals surface area contributed by atoms with Crippen LogP contribution in [0, 0.1) is 5.92 Å². The highest BCUT2D eigenvalue weighted by molar-refractivity contribution is 6.34. The molecule has 1 saturated heterocycles. The number of hydrogen-bond acceptors (Lipinski definition) is 2. The minimum absolute atomic E-state index is 0.585. The molecule has 2 N–H and O–H groups in total. The van der Waals surface area contributed by atoms with E-state index in [-0.39, 0.29) is 0 Å². The fraction of sp³-hybridized carbons (Fsp3) is 0.538. The minimum Gasteiger partial charge on any atom is -0.330 e. The van der Waals surface area contributed by atoms with Crippen LogP contribution in [0.5, 0.6) is 0 Å². The summed E-state index contributed by atoms with van der Waals surface area (Å²) in [5, 5.41) is 1.41. The highest BCUT2D eigenvalue weighted by Gasteiger charge is 2.27. The van der Waals surface area contributed by atoms with Crippen LogP contribution in [0.2, 0.25) is 10.0 Å². The van der Waals surface area contributed by atoms with Crippen molar-refractivity contribution in [2.24, 2.45) is 11.7 Å². The minimum atomic E-state index is 0.585. The maximum absolute atomic E-state index is 6.00. The van der Waals surface area contributed by atoms with E-state index >= 15 is 0 Å². The van der Waals surface area contributed by atoms with Gasteiger partial charge in [-0.05, 0) is 49.6 Å². The van der Waals surface area contributed by atoms with Gasteiger partial charge in [0.1, 0.15) is 0 Å². The normalized spacial score (nSPS) is 25.4. The predicted octanol–water partition coefficient (Wildman–Crippen LogP) is 3.16. The zero-order chi connectivity index (χ0) is 12.4.